The molecule has 14 heteroatoms. The molecule has 44 heavy (non-hydrogen) atoms. The quantitative estimate of drug-likeness (QED) is 0.264. The molecular formula is C30H22F3N3O6S2. The molecule has 1 aromatic heterocycles. The Morgan fingerprint density at radius 3 is 2.36 bits per heavy atom. The van der Waals surface area contributed by atoms with Crippen molar-refractivity contribution in [2.75, 3.05) is 23.9 Å². The predicted molar refractivity (Wildman–Crippen MR) is 157 cm³/mol. The van der Waals surface area contributed by atoms with Gasteiger partial charge in [-0.15, -0.1) is 0 Å². The summed E-state index contributed by atoms with van der Waals surface area (Å²) in [5, 5.41) is 2.19. The van der Waals surface area contributed by atoms with Crippen molar-refractivity contribution in [3.8, 4) is 11.5 Å². The molecule has 0 bridgehead atoms. The molecule has 0 radical (unpaired) electrons. The highest BCUT2D eigenvalue weighted by atomic mass is 32.2. The molecule has 1 saturated heterocycles. The van der Waals surface area contributed by atoms with Gasteiger partial charge in [0.05, 0.1) is 29.3 Å². The molecule has 1 fully saturated rings. The van der Waals surface area contributed by atoms with Crippen LogP contribution in [0.5, 0.6) is 11.5 Å². The normalized spacial score (nSPS) is 19.4. The van der Waals surface area contributed by atoms with Crippen LogP contribution in [0.1, 0.15) is 21.9 Å². The number of benzene rings is 3. The van der Waals surface area contributed by atoms with Gasteiger partial charge >= 0.3 is 11.0 Å². The molecule has 3 amide bonds. The summed E-state index contributed by atoms with van der Waals surface area (Å²) in [6.45, 7) is -0.279. The van der Waals surface area contributed by atoms with Gasteiger partial charge in [0.1, 0.15) is 16.7 Å². The monoisotopic (exact) mass is 641 g/mol. The fourth-order valence-electron chi connectivity index (χ4n) is 5.24. The number of rotatable bonds is 7. The number of nitrogens with one attached hydrogen (secondary N) is 2. The van der Waals surface area contributed by atoms with Gasteiger partial charge in [-0.05, 0) is 60.2 Å². The average Bonchev–Trinajstić information content (AvgIpc) is 3.50. The van der Waals surface area contributed by atoms with E-state index in [-0.39, 0.29) is 17.2 Å². The van der Waals surface area contributed by atoms with E-state index < -0.39 is 46.5 Å². The average molecular weight is 642 g/mol. The third-order valence-electron chi connectivity index (χ3n) is 7.24. The lowest BCUT2D eigenvalue weighted by Crippen LogP contribution is -2.32. The molecule has 0 saturated carbocycles. The Morgan fingerprint density at radius 1 is 0.977 bits per heavy atom. The lowest BCUT2D eigenvalue weighted by molar-refractivity contribution is -0.137. The van der Waals surface area contributed by atoms with E-state index >= 15 is 0 Å². The van der Waals surface area contributed by atoms with Crippen LogP contribution in [0.15, 0.2) is 82.6 Å². The van der Waals surface area contributed by atoms with Crippen LogP contribution in [0.25, 0.3) is 0 Å². The summed E-state index contributed by atoms with van der Waals surface area (Å²) in [5.41, 5.74) is 0.0121. The number of ether oxygens (including phenoxy) is 2. The molecule has 3 aromatic carbocycles. The molecule has 0 spiro atoms. The number of carbonyl (C=O) groups excluding carboxylic acids is 3. The van der Waals surface area contributed by atoms with Crippen LogP contribution in [0, 0.1) is 5.92 Å². The summed E-state index contributed by atoms with van der Waals surface area (Å²) in [6, 6.07) is 17.4. The molecule has 9 nitrogen and oxygen atoms in total. The molecule has 6 rings (SSSR count). The Morgan fingerprint density at radius 2 is 1.68 bits per heavy atom. The van der Waals surface area contributed by atoms with Crippen LogP contribution in [0.2, 0.25) is 0 Å². The number of aromatic nitrogens is 1. The van der Waals surface area contributed by atoms with Crippen LogP contribution in [0.4, 0.5) is 24.5 Å². The lowest BCUT2D eigenvalue weighted by Gasteiger charge is -2.29. The number of thioether (sulfide) groups is 1. The number of hydrogen-bond acceptors (Lipinski definition) is 8. The zero-order valence-electron chi connectivity index (χ0n) is 22.7. The number of thiazole rings is 1. The van der Waals surface area contributed by atoms with E-state index in [1.165, 1.54) is 13.2 Å². The van der Waals surface area contributed by atoms with Gasteiger partial charge in [-0.25, -0.2) is 4.90 Å². The van der Waals surface area contributed by atoms with Gasteiger partial charge in [0, 0.05) is 16.5 Å². The van der Waals surface area contributed by atoms with Crippen molar-refractivity contribution in [1.82, 2.24) is 4.98 Å². The number of alkyl halides is 3. The number of carbonyl (C=O) groups is 3. The van der Waals surface area contributed by atoms with Crippen molar-refractivity contribution < 1.29 is 37.0 Å². The maximum absolute atomic E-state index is 13.8. The topological polar surface area (TPSA) is 118 Å². The van der Waals surface area contributed by atoms with Gasteiger partial charge in [0.25, 0.3) is 5.91 Å². The zero-order valence-corrected chi connectivity index (χ0v) is 24.3. The number of imide groups is 1. The Hall–Kier alpha value is -4.56. The Balaban J connectivity index is 1.23. The minimum absolute atomic E-state index is 0.169. The largest absolute Gasteiger partial charge is 0.497 e. The van der Waals surface area contributed by atoms with E-state index in [0.717, 1.165) is 46.2 Å². The summed E-state index contributed by atoms with van der Waals surface area (Å²) in [5.74, 6) is -2.38. The van der Waals surface area contributed by atoms with Gasteiger partial charge in [0.2, 0.25) is 11.8 Å². The number of fused-ring (bicyclic) bond motifs is 2. The SMILES string of the molecule is COc1ccc(NC(=O)COc2ccc([C@H]3c4sc(=O)[nH]c4SC4C(=O)N(c5cccc(C(F)(F)F)c5)C(=O)C43)cc2)cc1. The van der Waals surface area contributed by atoms with E-state index in [2.05, 4.69) is 10.3 Å². The first-order chi connectivity index (χ1) is 21.0. The minimum atomic E-state index is -4.66. The van der Waals surface area contributed by atoms with Gasteiger partial charge in [-0.2, -0.15) is 13.2 Å². The Labute approximate surface area is 256 Å². The lowest BCUT2D eigenvalue weighted by atomic mass is 9.83. The summed E-state index contributed by atoms with van der Waals surface area (Å²) in [6.07, 6.45) is -4.66. The number of methoxy groups -OCH3 is 1. The van der Waals surface area contributed by atoms with E-state index in [0.29, 0.717) is 32.7 Å². The molecular weight excluding hydrogens is 619 g/mol. The van der Waals surface area contributed by atoms with E-state index in [9.17, 15) is 32.3 Å². The number of amides is 3. The molecule has 2 aliphatic heterocycles. The molecule has 0 aliphatic carbocycles. The highest BCUT2D eigenvalue weighted by molar-refractivity contribution is 8.00. The van der Waals surface area contributed by atoms with Crippen LogP contribution in [0.3, 0.4) is 0 Å². The third-order valence-corrected chi connectivity index (χ3v) is 9.64. The first kappa shape index (κ1) is 29.5. The predicted octanol–water partition coefficient (Wildman–Crippen LogP) is 5.28. The van der Waals surface area contributed by atoms with Crippen molar-refractivity contribution in [3.05, 3.63) is 98.5 Å². The molecule has 3 atom stereocenters. The molecule has 2 N–H and O–H groups in total. The maximum atomic E-state index is 13.8. The molecule has 3 heterocycles. The Bertz CT molecular complexity index is 1800. The fourth-order valence-corrected chi connectivity index (χ4v) is 7.76. The summed E-state index contributed by atoms with van der Waals surface area (Å²) < 4.78 is 50.9. The zero-order chi connectivity index (χ0) is 31.2. The molecule has 226 valence electrons. The van der Waals surface area contributed by atoms with Crippen molar-refractivity contribution in [2.24, 2.45) is 5.92 Å². The summed E-state index contributed by atoms with van der Waals surface area (Å²) >= 11 is 1.94. The first-order valence-electron chi connectivity index (χ1n) is 13.1. The minimum Gasteiger partial charge on any atom is -0.497 e. The number of H-pyrrole nitrogens is 1. The smallest absolute Gasteiger partial charge is 0.416 e. The van der Waals surface area contributed by atoms with Crippen LogP contribution < -0.4 is 24.6 Å². The third kappa shape index (κ3) is 5.57. The van der Waals surface area contributed by atoms with Crippen molar-refractivity contribution >= 4 is 52.2 Å². The van der Waals surface area contributed by atoms with E-state index in [4.69, 9.17) is 9.47 Å². The van der Waals surface area contributed by atoms with Crippen LogP contribution >= 0.6 is 23.1 Å². The van der Waals surface area contributed by atoms with E-state index in [1.807, 2.05) is 0 Å². The van der Waals surface area contributed by atoms with Crippen molar-refractivity contribution in [2.45, 2.75) is 22.4 Å². The van der Waals surface area contributed by atoms with E-state index in [1.54, 1.807) is 48.5 Å². The van der Waals surface area contributed by atoms with Gasteiger partial charge in [-0.3, -0.25) is 19.2 Å². The highest BCUT2D eigenvalue weighted by Crippen LogP contribution is 2.53. The number of hydrogen-bond donors (Lipinski definition) is 2. The molecule has 2 unspecified atom stereocenters. The molecule has 2 aliphatic rings. The van der Waals surface area contributed by atoms with Gasteiger partial charge < -0.3 is 19.8 Å². The second kappa shape index (κ2) is 11.5. The number of aromatic amines is 1. The number of halogens is 3. The number of nitrogens with zero attached hydrogens (tertiary/aromatic N) is 1. The fraction of sp³-hybridized carbons (Fsp3) is 0.200. The van der Waals surface area contributed by atoms with Crippen molar-refractivity contribution in [3.63, 3.8) is 0 Å². The number of anilines is 2. The van der Waals surface area contributed by atoms with Crippen molar-refractivity contribution in [1.29, 1.82) is 0 Å². The summed E-state index contributed by atoms with van der Waals surface area (Å²) in [7, 11) is 1.54. The second-order valence-electron chi connectivity index (χ2n) is 9.94. The summed E-state index contributed by atoms with van der Waals surface area (Å²) in [4.78, 5) is 55.7. The first-order valence-corrected chi connectivity index (χ1v) is 14.8. The van der Waals surface area contributed by atoms with Crippen LogP contribution in [-0.4, -0.2) is 41.7 Å². The maximum Gasteiger partial charge on any atom is 0.416 e. The second-order valence-corrected chi connectivity index (χ2v) is 12.1. The van der Waals surface area contributed by atoms with Gasteiger partial charge in [-0.1, -0.05) is 41.3 Å². The van der Waals surface area contributed by atoms with Crippen LogP contribution in [-0.2, 0) is 20.6 Å². The standard InChI is InChI=1S/C30H22F3N3O6S2/c1-41-19-11-7-17(8-12-19)34-21(37)14-42-20-9-5-15(6-10-20)22-23-25(43-26-24(22)44-29(40)35-26)28(39)36(27(23)38)18-4-2-3-16(13-18)30(31,32)33/h2-13,22-23,25H,14H2,1H3,(H,34,37)(H,35,40)/t22-,23?,25?/m1/s1. The molecule has 4 aromatic rings. The van der Waals surface area contributed by atoms with Gasteiger partial charge in [0.15, 0.2) is 6.61 Å². The highest BCUT2D eigenvalue weighted by Gasteiger charge is 2.56. The Kier molecular flexibility index (Phi) is 7.72.